The van der Waals surface area contributed by atoms with Crippen LogP contribution in [0.2, 0.25) is 0 Å². The lowest BCUT2D eigenvalue weighted by molar-refractivity contribution is -0.740. The third-order valence-corrected chi connectivity index (χ3v) is 14.7. The van der Waals surface area contributed by atoms with E-state index in [2.05, 4.69) is 33.1 Å². The van der Waals surface area contributed by atoms with Gasteiger partial charge < -0.3 is 69.9 Å². The number of ether oxygens (including phenoxy) is 4. The lowest BCUT2D eigenvalue weighted by Crippen LogP contribution is -2.41. The summed E-state index contributed by atoms with van der Waals surface area (Å²) >= 11 is 0. The predicted molar refractivity (Wildman–Crippen MR) is 242 cm³/mol. The van der Waals surface area contributed by atoms with E-state index in [-0.39, 0.29) is 68.9 Å². The van der Waals surface area contributed by atoms with Crippen LogP contribution in [0.5, 0.6) is 0 Å². The van der Waals surface area contributed by atoms with E-state index >= 15 is 0 Å². The maximum absolute atomic E-state index is 12.0. The molecule has 2 aromatic carbocycles. The summed E-state index contributed by atoms with van der Waals surface area (Å²) in [5, 5.41) is 53.3. The first-order valence-corrected chi connectivity index (χ1v) is 25.5. The Bertz CT molecular complexity index is 3090. The molecule has 4 aromatic heterocycles. The number of nitrogens with zero attached hydrogens (tertiary/aromatic N) is 7. The molecule has 0 bridgehead atoms. The molecule has 0 spiro atoms. The number of nitro groups is 2. The number of anilines is 2. The van der Waals surface area contributed by atoms with Crippen molar-refractivity contribution in [3.8, 4) is 0 Å². The van der Waals surface area contributed by atoms with Crippen LogP contribution in [0.1, 0.15) is 47.6 Å². The van der Waals surface area contributed by atoms with Gasteiger partial charge in [-0.2, -0.15) is 8.62 Å². The SMILES string of the molecule is Nc1nc[n+]([C@H]2CC(O)[C@@H](COP(=O)(O)OP(=O)(O)OP(=O)(O)O)O2)c2[nH]cc(COCc3ccccc3[N+](=O)[O-])c12.Nc1ncnc2c1c(COCc1ccccc1[N+](=O)[O-])cn2[C@H]1CC(O)[C@@H](CO)O1. The Balaban J connectivity index is 0.000000223. The summed E-state index contributed by atoms with van der Waals surface area (Å²) in [6.07, 6.45) is 0.745. The number of fused-ring (bicyclic) bond motifs is 2. The maximum atomic E-state index is 12.0. The summed E-state index contributed by atoms with van der Waals surface area (Å²) in [6.45, 7) is -1.03. The van der Waals surface area contributed by atoms with E-state index in [0.717, 1.165) is 0 Å². The van der Waals surface area contributed by atoms with Gasteiger partial charge in [-0.3, -0.25) is 29.7 Å². The molecule has 31 nitrogen and oxygen atoms in total. The molecule has 0 saturated carbocycles. The van der Waals surface area contributed by atoms with E-state index in [1.807, 2.05) is 0 Å². The fourth-order valence-corrected chi connectivity index (χ4v) is 10.8. The van der Waals surface area contributed by atoms with Crippen molar-refractivity contribution in [2.75, 3.05) is 24.7 Å². The molecule has 12 N–H and O–H groups in total. The van der Waals surface area contributed by atoms with E-state index in [0.29, 0.717) is 44.3 Å². The van der Waals surface area contributed by atoms with Gasteiger partial charge in [-0.15, -0.1) is 0 Å². The lowest BCUT2D eigenvalue weighted by atomic mass is 10.2. The minimum absolute atomic E-state index is 0.00120. The van der Waals surface area contributed by atoms with Crippen LogP contribution in [-0.2, 0) is 72.2 Å². The predicted octanol–water partition coefficient (Wildman–Crippen LogP) is 2.33. The highest BCUT2D eigenvalue weighted by molar-refractivity contribution is 7.66. The van der Waals surface area contributed by atoms with Gasteiger partial charge >= 0.3 is 23.5 Å². The van der Waals surface area contributed by atoms with Crippen molar-refractivity contribution in [2.45, 2.75) is 76.1 Å². The zero-order valence-electron chi connectivity index (χ0n) is 37.0. The first kappa shape index (κ1) is 54.0. The zero-order valence-corrected chi connectivity index (χ0v) is 39.7. The van der Waals surface area contributed by atoms with Crippen molar-refractivity contribution >= 4 is 68.5 Å². The standard InChI is InChI=1S/C19H24N5O15P3.C19H21N5O6/c20-18-17-12(8-35-7-11-3-1-2-4-13(11)24(26)27)6-21-19(17)23(10-22-18)16-5-14(25)15(37-16)9-36-41(31,32)39-42(33,34)38-40(28,29)30;20-18-17-12(9-29-8-11-3-1-2-4-13(11)24(27)28)6-23(19(17)22-10-21-18)16-5-14(26)15(7-25)30-16/h1-4,6,10,14-16,25H,5,7-9H2,(H6,20,21,28,29,30,31,32,33,34);1-4,6,10,14-16,25-26H,5,7-9H2,(H2,20,21,22)/p+1/t2*14?,15-,16-/m11/s1. The number of H-pyrrole nitrogens is 1. The van der Waals surface area contributed by atoms with Crippen LogP contribution >= 0.6 is 23.5 Å². The molecule has 34 heteroatoms. The first-order valence-electron chi connectivity index (χ1n) is 21.0. The molecule has 2 fully saturated rings. The van der Waals surface area contributed by atoms with E-state index in [9.17, 15) is 59.0 Å². The van der Waals surface area contributed by atoms with E-state index in [1.165, 1.54) is 29.4 Å². The minimum Gasteiger partial charge on any atom is -0.394 e. The summed E-state index contributed by atoms with van der Waals surface area (Å²) in [4.78, 5) is 73.0. The first-order chi connectivity index (χ1) is 34.0. The summed E-state index contributed by atoms with van der Waals surface area (Å²) in [5.41, 5.74) is 15.0. The smallest absolute Gasteiger partial charge is 0.394 e. The number of nitro benzene ring substituents is 2. The third kappa shape index (κ3) is 13.1. The monoisotopic (exact) mass is 1070 g/mol. The van der Waals surface area contributed by atoms with Crippen molar-refractivity contribution < 1.29 is 95.1 Å². The van der Waals surface area contributed by atoms with Gasteiger partial charge in [0, 0.05) is 42.3 Å². The molecule has 2 aliphatic rings. The number of phosphoric ester groups is 1. The van der Waals surface area contributed by atoms with Crippen LogP contribution in [-0.4, -0.2) is 107 Å². The second kappa shape index (κ2) is 22.5. The number of aliphatic hydroxyl groups excluding tert-OH is 3. The summed E-state index contributed by atoms with van der Waals surface area (Å²) in [6, 6.07) is 12.5. The second-order valence-corrected chi connectivity index (χ2v) is 20.2. The van der Waals surface area contributed by atoms with Crippen LogP contribution in [0.15, 0.2) is 73.6 Å². The van der Waals surface area contributed by atoms with E-state index < -0.39 is 76.8 Å². The Kier molecular flexibility index (Phi) is 16.9. The average Bonchev–Trinajstić information content (AvgIpc) is 4.10. The van der Waals surface area contributed by atoms with Gasteiger partial charge in [0.1, 0.15) is 41.6 Å². The fourth-order valence-electron chi connectivity index (χ4n) is 7.76. The molecule has 8 atom stereocenters. The minimum atomic E-state index is -5.71. The van der Waals surface area contributed by atoms with Gasteiger partial charge in [-0.1, -0.05) is 29.2 Å². The molecular weight excluding hydrogens is 1030 g/mol. The fraction of sp³-hybridized carbons (Fsp3) is 0.368. The van der Waals surface area contributed by atoms with Gasteiger partial charge in [-0.25, -0.2) is 28.2 Å². The van der Waals surface area contributed by atoms with Crippen LogP contribution in [0.3, 0.4) is 0 Å². The number of rotatable bonds is 20. The Morgan fingerprint density at radius 2 is 1.35 bits per heavy atom. The molecule has 2 aliphatic heterocycles. The van der Waals surface area contributed by atoms with Crippen molar-refractivity contribution in [2.24, 2.45) is 0 Å². The molecule has 2 saturated heterocycles. The highest BCUT2D eigenvalue weighted by Crippen LogP contribution is 2.66. The van der Waals surface area contributed by atoms with E-state index in [1.54, 1.807) is 53.4 Å². The number of hydrogen-bond acceptors (Lipinski definition) is 22. The van der Waals surface area contributed by atoms with Gasteiger partial charge in [0.2, 0.25) is 17.8 Å². The molecule has 72 heavy (non-hydrogen) atoms. The topological polar surface area (TPSA) is 459 Å². The van der Waals surface area contributed by atoms with Crippen LogP contribution < -0.4 is 16.0 Å². The summed E-state index contributed by atoms with van der Waals surface area (Å²) < 4.78 is 72.2. The number of benzene rings is 2. The number of nitrogens with one attached hydrogen (secondary N) is 1. The third-order valence-electron chi connectivity index (χ3n) is 10.9. The highest BCUT2D eigenvalue weighted by atomic mass is 31.3. The Labute approximate surface area is 404 Å². The number of nitrogen functional groups attached to an aromatic ring is 2. The number of phosphoric acid groups is 3. The molecule has 0 radical (unpaired) electrons. The molecule has 0 aliphatic carbocycles. The van der Waals surface area contributed by atoms with Gasteiger partial charge in [0.25, 0.3) is 11.4 Å². The van der Waals surface area contributed by atoms with Crippen LogP contribution in [0, 0.1) is 20.2 Å². The zero-order chi connectivity index (χ0) is 52.1. The van der Waals surface area contributed by atoms with Crippen molar-refractivity contribution in [3.63, 3.8) is 0 Å². The molecule has 388 valence electrons. The molecule has 0 amide bonds. The number of aliphatic hydroxyl groups is 3. The number of nitrogens with two attached hydrogens (primary N) is 2. The molecule has 6 heterocycles. The quantitative estimate of drug-likeness (QED) is 0.0227. The van der Waals surface area contributed by atoms with Crippen LogP contribution in [0.25, 0.3) is 22.1 Å². The average molecular weight is 1070 g/mol. The lowest BCUT2D eigenvalue weighted by Gasteiger charge is -2.19. The Hall–Kier alpha value is -5.79. The van der Waals surface area contributed by atoms with Crippen LogP contribution in [0.4, 0.5) is 23.0 Å². The van der Waals surface area contributed by atoms with Crippen molar-refractivity contribution in [1.82, 2.24) is 24.5 Å². The number of aromatic nitrogens is 6. The van der Waals surface area contributed by atoms with Gasteiger partial charge in [0.05, 0.1) is 84.4 Å². The van der Waals surface area contributed by atoms with Crippen molar-refractivity contribution in [3.05, 3.63) is 116 Å². The molecule has 4 unspecified atom stereocenters. The van der Waals surface area contributed by atoms with Gasteiger partial charge in [-0.05, 0) is 12.1 Å². The summed E-state index contributed by atoms with van der Waals surface area (Å²) in [5.74, 6) is 0.384. The molecule has 8 rings (SSSR count). The normalized spacial score (nSPS) is 21.8. The largest absolute Gasteiger partial charge is 0.490 e. The molecular formula is C38H46N10O21P3+. The highest BCUT2D eigenvalue weighted by Gasteiger charge is 2.44. The number of hydrogen-bond donors (Lipinski definition) is 10. The van der Waals surface area contributed by atoms with Crippen molar-refractivity contribution in [1.29, 1.82) is 0 Å². The molecule has 6 aromatic rings. The maximum Gasteiger partial charge on any atom is 0.490 e. The summed E-state index contributed by atoms with van der Waals surface area (Å²) in [7, 11) is -16.7. The second-order valence-electron chi connectivity index (χ2n) is 15.8. The van der Waals surface area contributed by atoms with E-state index in [4.69, 9.17) is 40.2 Å². The number of aromatic amines is 1. The Morgan fingerprint density at radius 1 is 0.764 bits per heavy atom. The van der Waals surface area contributed by atoms with Gasteiger partial charge in [0.15, 0.2) is 6.23 Å². The Morgan fingerprint density at radius 3 is 1.94 bits per heavy atom. The number of para-hydroxylation sites is 2.